The summed E-state index contributed by atoms with van der Waals surface area (Å²) in [5.74, 6) is 2.87. The van der Waals surface area contributed by atoms with E-state index in [-0.39, 0.29) is 11.9 Å². The summed E-state index contributed by atoms with van der Waals surface area (Å²) in [7, 11) is 0. The topological polar surface area (TPSA) is 90.2 Å². The van der Waals surface area contributed by atoms with E-state index in [4.69, 9.17) is 4.52 Å². The van der Waals surface area contributed by atoms with Crippen LogP contribution in [-0.4, -0.2) is 42.2 Å². The highest BCUT2D eigenvalue weighted by molar-refractivity contribution is 7.98. The molecule has 4 rings (SSSR count). The van der Waals surface area contributed by atoms with Crippen molar-refractivity contribution < 1.29 is 9.32 Å². The lowest BCUT2D eigenvalue weighted by atomic mass is 10.1. The third-order valence-electron chi connectivity index (χ3n) is 5.09. The van der Waals surface area contributed by atoms with Crippen molar-refractivity contribution in [2.45, 2.75) is 33.2 Å². The standard InChI is InChI=1S/C21H24N6O2S/c1-13-11-16(15(3)27(13)19-12-14(2)29-25-19)21(28)22-17(8-10-30-4)20-24-23-18-7-5-6-9-26(18)20/h5-7,9,11-12,17H,8,10H2,1-4H3,(H,22,28). The fourth-order valence-electron chi connectivity index (χ4n) is 3.64. The summed E-state index contributed by atoms with van der Waals surface area (Å²) in [4.78, 5) is 13.2. The van der Waals surface area contributed by atoms with Crippen molar-refractivity contribution in [1.29, 1.82) is 0 Å². The minimum atomic E-state index is -0.250. The van der Waals surface area contributed by atoms with E-state index in [1.165, 1.54) is 0 Å². The Morgan fingerprint density at radius 2 is 2.07 bits per heavy atom. The monoisotopic (exact) mass is 424 g/mol. The van der Waals surface area contributed by atoms with Gasteiger partial charge in [-0.25, -0.2) is 0 Å². The summed E-state index contributed by atoms with van der Waals surface area (Å²) in [5.41, 5.74) is 3.10. The van der Waals surface area contributed by atoms with Crippen molar-refractivity contribution in [3.8, 4) is 5.82 Å². The average Bonchev–Trinajstić information content (AvgIpc) is 3.42. The first-order valence-electron chi connectivity index (χ1n) is 9.71. The summed E-state index contributed by atoms with van der Waals surface area (Å²) in [5, 5.41) is 15.8. The lowest BCUT2D eigenvalue weighted by Crippen LogP contribution is -2.30. The maximum Gasteiger partial charge on any atom is 0.253 e. The van der Waals surface area contributed by atoms with Crippen LogP contribution in [-0.2, 0) is 0 Å². The van der Waals surface area contributed by atoms with Gasteiger partial charge in [-0.3, -0.25) is 13.8 Å². The molecule has 1 N–H and O–H groups in total. The Labute approximate surface area is 178 Å². The number of nitrogens with zero attached hydrogens (tertiary/aromatic N) is 5. The smallest absolute Gasteiger partial charge is 0.253 e. The normalized spacial score (nSPS) is 12.4. The van der Waals surface area contributed by atoms with Crippen LogP contribution < -0.4 is 5.32 Å². The fourth-order valence-corrected chi connectivity index (χ4v) is 4.11. The van der Waals surface area contributed by atoms with Crippen LogP contribution >= 0.6 is 11.8 Å². The summed E-state index contributed by atoms with van der Waals surface area (Å²) in [6.07, 6.45) is 4.72. The lowest BCUT2D eigenvalue weighted by Gasteiger charge is -2.17. The van der Waals surface area contributed by atoms with Gasteiger partial charge in [-0.15, -0.1) is 10.2 Å². The van der Waals surface area contributed by atoms with Gasteiger partial charge in [0, 0.05) is 23.7 Å². The fraction of sp³-hybridized carbons (Fsp3) is 0.333. The van der Waals surface area contributed by atoms with Gasteiger partial charge >= 0.3 is 0 Å². The number of hydrogen-bond donors (Lipinski definition) is 1. The molecule has 0 saturated carbocycles. The molecule has 0 aliphatic carbocycles. The second kappa shape index (κ2) is 8.35. The summed E-state index contributed by atoms with van der Waals surface area (Å²) in [6.45, 7) is 5.71. The molecule has 0 aliphatic rings. The number of carbonyl (C=O) groups excluding carboxylic acids is 1. The largest absolute Gasteiger partial charge is 0.360 e. The van der Waals surface area contributed by atoms with Gasteiger partial charge in [0.15, 0.2) is 17.3 Å². The zero-order valence-electron chi connectivity index (χ0n) is 17.4. The number of nitrogens with one attached hydrogen (secondary N) is 1. The zero-order valence-corrected chi connectivity index (χ0v) is 18.2. The molecule has 0 aliphatic heterocycles. The molecule has 1 unspecified atom stereocenters. The van der Waals surface area contributed by atoms with Gasteiger partial charge in [0.05, 0.1) is 11.6 Å². The molecule has 0 fully saturated rings. The maximum absolute atomic E-state index is 13.2. The quantitative estimate of drug-likeness (QED) is 0.487. The van der Waals surface area contributed by atoms with Crippen LogP contribution in [0.15, 0.2) is 41.1 Å². The minimum Gasteiger partial charge on any atom is -0.360 e. The van der Waals surface area contributed by atoms with Crippen molar-refractivity contribution >= 4 is 23.3 Å². The van der Waals surface area contributed by atoms with Crippen LogP contribution in [0, 0.1) is 20.8 Å². The van der Waals surface area contributed by atoms with Crippen LogP contribution in [0.3, 0.4) is 0 Å². The summed E-state index contributed by atoms with van der Waals surface area (Å²) >= 11 is 1.73. The number of rotatable bonds is 7. The molecule has 4 aromatic rings. The van der Waals surface area contributed by atoms with Crippen LogP contribution in [0.25, 0.3) is 11.5 Å². The molecule has 1 amide bonds. The number of pyridine rings is 1. The van der Waals surface area contributed by atoms with Gasteiger partial charge in [-0.1, -0.05) is 11.2 Å². The molecule has 0 spiro atoms. The third-order valence-corrected chi connectivity index (χ3v) is 5.73. The molecular formula is C21H24N6O2S. The van der Waals surface area contributed by atoms with E-state index in [0.717, 1.165) is 40.8 Å². The lowest BCUT2D eigenvalue weighted by molar-refractivity contribution is 0.0933. The highest BCUT2D eigenvalue weighted by Crippen LogP contribution is 2.23. The highest BCUT2D eigenvalue weighted by atomic mass is 32.2. The molecule has 9 heteroatoms. The Hall–Kier alpha value is -3.07. The van der Waals surface area contributed by atoms with E-state index >= 15 is 0 Å². The molecule has 156 valence electrons. The number of amides is 1. The second-order valence-electron chi connectivity index (χ2n) is 7.21. The number of thioether (sulfide) groups is 1. The van der Waals surface area contributed by atoms with Crippen molar-refractivity contribution in [2.24, 2.45) is 0 Å². The molecule has 0 bridgehead atoms. The molecule has 0 radical (unpaired) electrons. The zero-order chi connectivity index (χ0) is 21.3. The van der Waals surface area contributed by atoms with Gasteiger partial charge in [0.25, 0.3) is 5.91 Å². The first kappa shape index (κ1) is 20.2. The van der Waals surface area contributed by atoms with Crippen molar-refractivity contribution in [3.63, 3.8) is 0 Å². The predicted molar refractivity (Wildman–Crippen MR) is 116 cm³/mol. The van der Waals surface area contributed by atoms with Crippen LogP contribution in [0.1, 0.15) is 45.8 Å². The number of hydrogen-bond acceptors (Lipinski definition) is 6. The SMILES string of the molecule is CSCCC(NC(=O)c1cc(C)n(-c2cc(C)on2)c1C)c1nnc2ccccn12. The number of aryl methyl sites for hydroxylation is 2. The van der Waals surface area contributed by atoms with Crippen LogP contribution in [0.5, 0.6) is 0 Å². The molecule has 4 heterocycles. The van der Waals surface area contributed by atoms with E-state index in [1.807, 2.05) is 72.5 Å². The second-order valence-corrected chi connectivity index (χ2v) is 8.20. The molecule has 8 nitrogen and oxygen atoms in total. The number of fused-ring (bicyclic) bond motifs is 1. The van der Waals surface area contributed by atoms with Gasteiger partial charge in [-0.05, 0) is 57.4 Å². The first-order chi connectivity index (χ1) is 14.5. The molecule has 30 heavy (non-hydrogen) atoms. The Morgan fingerprint density at radius 3 is 2.80 bits per heavy atom. The molecule has 4 aromatic heterocycles. The van der Waals surface area contributed by atoms with E-state index in [0.29, 0.717) is 11.4 Å². The Kier molecular flexibility index (Phi) is 5.63. The highest BCUT2D eigenvalue weighted by Gasteiger charge is 2.24. The Balaban J connectivity index is 1.65. The summed E-state index contributed by atoms with van der Waals surface area (Å²) < 4.78 is 9.05. The third kappa shape index (κ3) is 3.72. The molecular weight excluding hydrogens is 400 g/mol. The molecule has 0 saturated heterocycles. The van der Waals surface area contributed by atoms with Crippen molar-refractivity contribution in [2.75, 3.05) is 12.0 Å². The van der Waals surface area contributed by atoms with Gasteiger partial charge in [0.1, 0.15) is 5.76 Å². The van der Waals surface area contributed by atoms with Gasteiger partial charge < -0.3 is 9.84 Å². The Bertz CT molecular complexity index is 1190. The molecule has 0 aromatic carbocycles. The van der Waals surface area contributed by atoms with E-state index in [2.05, 4.69) is 20.7 Å². The van der Waals surface area contributed by atoms with Crippen LogP contribution in [0.4, 0.5) is 0 Å². The molecule has 1 atom stereocenters. The minimum absolute atomic E-state index is 0.145. The Morgan fingerprint density at radius 1 is 1.23 bits per heavy atom. The first-order valence-corrected chi connectivity index (χ1v) is 11.1. The van der Waals surface area contributed by atoms with Crippen molar-refractivity contribution in [1.82, 2.24) is 29.6 Å². The average molecular weight is 425 g/mol. The van der Waals surface area contributed by atoms with E-state index in [9.17, 15) is 4.79 Å². The van der Waals surface area contributed by atoms with E-state index in [1.54, 1.807) is 11.8 Å². The maximum atomic E-state index is 13.2. The number of carbonyl (C=O) groups is 1. The summed E-state index contributed by atoms with van der Waals surface area (Å²) in [6, 6.07) is 9.23. The van der Waals surface area contributed by atoms with Gasteiger partial charge in [0.2, 0.25) is 0 Å². The van der Waals surface area contributed by atoms with Gasteiger partial charge in [-0.2, -0.15) is 11.8 Å². The van der Waals surface area contributed by atoms with Crippen LogP contribution in [0.2, 0.25) is 0 Å². The van der Waals surface area contributed by atoms with Crippen molar-refractivity contribution in [3.05, 3.63) is 65.1 Å². The number of aromatic nitrogens is 5. The predicted octanol–water partition coefficient (Wildman–Crippen LogP) is 3.66. The van der Waals surface area contributed by atoms with E-state index < -0.39 is 0 Å².